The first kappa shape index (κ1) is 22.5. The Balaban J connectivity index is 1.49. The van der Waals surface area contributed by atoms with Crippen molar-refractivity contribution in [2.45, 2.75) is 6.42 Å². The highest BCUT2D eigenvalue weighted by Crippen LogP contribution is 2.52. The molecule has 3 amide bonds. The van der Waals surface area contributed by atoms with Gasteiger partial charge in [0.15, 0.2) is 5.78 Å². The molecular weight excluding hydrogens is 454 g/mol. The number of nitrogens with zero attached hydrogens (tertiary/aromatic N) is 3. The van der Waals surface area contributed by atoms with Crippen molar-refractivity contribution in [3.8, 4) is 5.75 Å². The Bertz CT molecular complexity index is 1260. The fraction of sp³-hybridized carbons (Fsp3) is 0.280. The number of nitro groups is 1. The van der Waals surface area contributed by atoms with Crippen molar-refractivity contribution in [3.63, 3.8) is 0 Å². The summed E-state index contributed by atoms with van der Waals surface area (Å²) in [6.45, 7) is -0.567. The summed E-state index contributed by atoms with van der Waals surface area (Å²) in [7, 11) is 1.46. The number of imide groups is 1. The number of nitro benzene ring substituents is 1. The summed E-state index contributed by atoms with van der Waals surface area (Å²) in [5.74, 6) is -3.12. The van der Waals surface area contributed by atoms with E-state index in [1.165, 1.54) is 25.3 Å². The van der Waals surface area contributed by atoms with E-state index >= 15 is 0 Å². The van der Waals surface area contributed by atoms with Crippen LogP contribution in [0.4, 0.5) is 5.69 Å². The average molecular weight is 475 g/mol. The third-order valence-electron chi connectivity index (χ3n) is 6.93. The molecule has 4 atom stereocenters. The van der Waals surface area contributed by atoms with E-state index in [9.17, 15) is 29.3 Å². The van der Waals surface area contributed by atoms with E-state index in [4.69, 9.17) is 4.74 Å². The molecule has 10 nitrogen and oxygen atoms in total. The van der Waals surface area contributed by atoms with Gasteiger partial charge in [0, 0.05) is 23.3 Å². The van der Waals surface area contributed by atoms with Gasteiger partial charge in [-0.3, -0.25) is 29.3 Å². The molecule has 178 valence electrons. The number of allylic oxidation sites excluding steroid dienone is 2. The molecule has 2 aromatic carbocycles. The van der Waals surface area contributed by atoms with Crippen LogP contribution in [0.3, 0.4) is 0 Å². The number of methoxy groups -OCH3 is 1. The van der Waals surface area contributed by atoms with E-state index in [1.807, 2.05) is 12.2 Å². The molecule has 0 N–H and O–H groups in total. The lowest BCUT2D eigenvalue weighted by atomic mass is 9.85. The van der Waals surface area contributed by atoms with Gasteiger partial charge in [-0.25, -0.2) is 5.01 Å². The topological polar surface area (TPSA) is 127 Å². The maximum atomic E-state index is 13.5. The average Bonchev–Trinajstić information content (AvgIpc) is 3.56. The highest BCUT2D eigenvalue weighted by atomic mass is 16.6. The Morgan fingerprint density at radius 1 is 1.03 bits per heavy atom. The maximum Gasteiger partial charge on any atom is 0.273 e. The number of ketones is 1. The highest BCUT2D eigenvalue weighted by molar-refractivity contribution is 6.10. The van der Waals surface area contributed by atoms with Crippen LogP contribution >= 0.6 is 0 Å². The van der Waals surface area contributed by atoms with Crippen LogP contribution < -0.4 is 4.74 Å². The Labute approximate surface area is 199 Å². The number of hydrazine groups is 1. The van der Waals surface area contributed by atoms with Gasteiger partial charge in [0.1, 0.15) is 12.3 Å². The number of ether oxygens (including phenoxy) is 1. The number of hydrogen-bond donors (Lipinski definition) is 0. The molecule has 2 aromatic rings. The van der Waals surface area contributed by atoms with E-state index in [1.54, 1.807) is 18.2 Å². The van der Waals surface area contributed by atoms with Gasteiger partial charge in [-0.05, 0) is 42.5 Å². The number of rotatable bonds is 7. The second-order valence-electron chi connectivity index (χ2n) is 8.81. The van der Waals surface area contributed by atoms with E-state index in [2.05, 4.69) is 0 Å². The van der Waals surface area contributed by atoms with Crippen molar-refractivity contribution in [2.24, 2.45) is 23.7 Å². The van der Waals surface area contributed by atoms with Crippen LogP contribution in [-0.4, -0.2) is 52.1 Å². The van der Waals surface area contributed by atoms with Crippen LogP contribution in [0.1, 0.15) is 27.1 Å². The van der Waals surface area contributed by atoms with Gasteiger partial charge < -0.3 is 4.74 Å². The van der Waals surface area contributed by atoms with Crippen LogP contribution in [-0.2, 0) is 9.59 Å². The summed E-state index contributed by atoms with van der Waals surface area (Å²) in [4.78, 5) is 63.8. The van der Waals surface area contributed by atoms with Crippen LogP contribution in [0.5, 0.6) is 5.75 Å². The monoisotopic (exact) mass is 475 g/mol. The number of non-ortho nitro benzene ring substituents is 1. The number of benzene rings is 2. The molecule has 1 aliphatic heterocycles. The third-order valence-corrected chi connectivity index (χ3v) is 6.93. The minimum absolute atomic E-state index is 0.00722. The smallest absolute Gasteiger partial charge is 0.273 e. The lowest BCUT2D eigenvalue weighted by Crippen LogP contribution is -2.52. The van der Waals surface area contributed by atoms with Crippen LogP contribution in [0.25, 0.3) is 0 Å². The summed E-state index contributed by atoms with van der Waals surface area (Å²) in [6, 6.07) is 11.1. The zero-order valence-corrected chi connectivity index (χ0v) is 18.7. The van der Waals surface area contributed by atoms with Crippen LogP contribution in [0, 0.1) is 33.8 Å². The van der Waals surface area contributed by atoms with Crippen molar-refractivity contribution in [2.75, 3.05) is 13.7 Å². The van der Waals surface area contributed by atoms with Crippen molar-refractivity contribution in [1.29, 1.82) is 0 Å². The summed E-state index contributed by atoms with van der Waals surface area (Å²) in [5, 5.41) is 12.7. The molecule has 2 fully saturated rings. The predicted molar refractivity (Wildman–Crippen MR) is 121 cm³/mol. The molecule has 10 heteroatoms. The number of hydrogen-bond acceptors (Lipinski definition) is 7. The van der Waals surface area contributed by atoms with E-state index < -0.39 is 46.8 Å². The number of amides is 3. The van der Waals surface area contributed by atoms with Crippen LogP contribution in [0.15, 0.2) is 60.7 Å². The molecule has 0 aromatic heterocycles. The molecule has 0 unspecified atom stereocenters. The molecule has 1 saturated carbocycles. The standard InChI is InChI=1S/C25H21N3O7/c1-35-19-4-2-3-15(12-19)20(29)13-26(23(30)14-7-9-18(10-8-14)28(33)34)27-24(31)21-16-5-6-17(11-16)22(21)25(27)32/h2-10,12,16-17,21-22H,11,13H2,1H3/t16-,17-,21-,22+/m0/s1. The molecule has 0 spiro atoms. The Hall–Kier alpha value is -4.34. The van der Waals surface area contributed by atoms with E-state index in [0.717, 1.165) is 28.6 Å². The first-order valence-corrected chi connectivity index (χ1v) is 11.1. The third kappa shape index (κ3) is 3.67. The molecule has 5 rings (SSSR count). The SMILES string of the molecule is COc1cccc(C(=O)CN(C(=O)c2ccc([N+](=O)[O-])cc2)N2C(=O)[C@@H]3[C@H](C2=O)[C@H]2C=C[C@H]3C2)c1. The molecular formula is C25H21N3O7. The Kier molecular flexibility index (Phi) is 5.43. The normalized spacial score (nSPS) is 24.0. The fourth-order valence-electron chi connectivity index (χ4n) is 5.26. The Morgan fingerprint density at radius 2 is 1.66 bits per heavy atom. The van der Waals surface area contributed by atoms with Crippen molar-refractivity contribution < 1.29 is 28.8 Å². The molecule has 2 aliphatic carbocycles. The fourth-order valence-corrected chi connectivity index (χ4v) is 5.26. The minimum atomic E-state index is -0.780. The molecule has 2 bridgehead atoms. The van der Waals surface area contributed by atoms with Gasteiger partial charge in [0.2, 0.25) is 0 Å². The lowest BCUT2D eigenvalue weighted by Gasteiger charge is -2.30. The Morgan fingerprint density at radius 3 is 2.23 bits per heavy atom. The van der Waals surface area contributed by atoms with Gasteiger partial charge in [-0.2, -0.15) is 5.01 Å². The van der Waals surface area contributed by atoms with Gasteiger partial charge >= 0.3 is 0 Å². The summed E-state index contributed by atoms with van der Waals surface area (Å²) < 4.78 is 5.16. The number of fused-ring (bicyclic) bond motifs is 5. The minimum Gasteiger partial charge on any atom is -0.497 e. The van der Waals surface area contributed by atoms with Gasteiger partial charge in [0.25, 0.3) is 23.4 Å². The first-order chi connectivity index (χ1) is 16.8. The second kappa shape index (κ2) is 8.46. The lowest BCUT2D eigenvalue weighted by molar-refractivity contribution is -0.384. The molecule has 35 heavy (non-hydrogen) atoms. The zero-order chi connectivity index (χ0) is 24.9. The van der Waals surface area contributed by atoms with Crippen molar-refractivity contribution in [1.82, 2.24) is 10.0 Å². The van der Waals surface area contributed by atoms with Gasteiger partial charge in [-0.15, -0.1) is 0 Å². The maximum absolute atomic E-state index is 13.5. The van der Waals surface area contributed by atoms with Gasteiger partial charge in [0.05, 0.1) is 23.9 Å². The predicted octanol–water partition coefficient (Wildman–Crippen LogP) is 2.65. The summed E-state index contributed by atoms with van der Waals surface area (Å²) in [5.41, 5.74) is 0.0331. The molecule has 1 saturated heterocycles. The largest absolute Gasteiger partial charge is 0.497 e. The van der Waals surface area contributed by atoms with Crippen LogP contribution in [0.2, 0.25) is 0 Å². The second-order valence-corrected chi connectivity index (χ2v) is 8.81. The summed E-state index contributed by atoms with van der Waals surface area (Å²) >= 11 is 0. The summed E-state index contributed by atoms with van der Waals surface area (Å²) in [6.07, 6.45) is 4.59. The first-order valence-electron chi connectivity index (χ1n) is 11.1. The quantitative estimate of drug-likeness (QED) is 0.198. The number of carbonyl (C=O) groups is 4. The molecule has 0 radical (unpaired) electrons. The van der Waals surface area contributed by atoms with Crippen molar-refractivity contribution >= 4 is 29.2 Å². The van der Waals surface area contributed by atoms with Crippen molar-refractivity contribution in [3.05, 3.63) is 81.9 Å². The van der Waals surface area contributed by atoms with E-state index in [-0.39, 0.29) is 28.7 Å². The number of Topliss-reactive ketones (excluding diaryl/α,β-unsaturated/α-hetero) is 1. The molecule has 1 heterocycles. The number of carbonyl (C=O) groups excluding carboxylic acids is 4. The van der Waals surface area contributed by atoms with Gasteiger partial charge in [-0.1, -0.05) is 24.3 Å². The zero-order valence-electron chi connectivity index (χ0n) is 18.7. The molecule has 3 aliphatic rings. The van der Waals surface area contributed by atoms with E-state index in [0.29, 0.717) is 5.75 Å². The highest BCUT2D eigenvalue weighted by Gasteiger charge is 2.61.